The zero-order chi connectivity index (χ0) is 5.28. The Hall–Kier alpha value is -0.830. The lowest BCUT2D eigenvalue weighted by Gasteiger charge is -1.91. The second-order valence-electron chi connectivity index (χ2n) is 1.16. The van der Waals surface area contributed by atoms with Gasteiger partial charge in [-0.15, -0.1) is 0 Å². The van der Waals surface area contributed by atoms with Gasteiger partial charge in [0.1, 0.15) is 0 Å². The van der Waals surface area contributed by atoms with E-state index in [4.69, 9.17) is 0 Å². The van der Waals surface area contributed by atoms with E-state index in [1.165, 1.54) is 6.08 Å². The lowest BCUT2D eigenvalue weighted by molar-refractivity contribution is -0.157. The van der Waals surface area contributed by atoms with Gasteiger partial charge in [-0.25, -0.2) is 4.79 Å². The first-order valence-corrected chi connectivity index (χ1v) is 1.83. The van der Waals surface area contributed by atoms with Gasteiger partial charge < -0.3 is 4.74 Å². The van der Waals surface area contributed by atoms with Crippen LogP contribution >= 0.6 is 0 Å². The van der Waals surface area contributed by atoms with E-state index in [9.17, 15) is 9.90 Å². The quantitative estimate of drug-likeness (QED) is 0.396. The lowest BCUT2D eigenvalue weighted by atomic mass is 10.5. The van der Waals surface area contributed by atoms with Crippen LogP contribution < -0.4 is 0 Å². The highest BCUT2D eigenvalue weighted by Crippen LogP contribution is 1.99. The van der Waals surface area contributed by atoms with Gasteiger partial charge in [-0.05, 0) is 6.08 Å². The molecule has 3 heteroatoms. The van der Waals surface area contributed by atoms with Crippen LogP contribution in [0.15, 0.2) is 12.2 Å². The molecule has 3 nitrogen and oxygen atoms in total. The van der Waals surface area contributed by atoms with Crippen molar-refractivity contribution in [3.63, 3.8) is 0 Å². The zero-order valence-electron chi connectivity index (χ0n) is 3.46. The van der Waals surface area contributed by atoms with Gasteiger partial charge in [0, 0.05) is 6.08 Å². The van der Waals surface area contributed by atoms with Crippen LogP contribution in [0.25, 0.3) is 0 Å². The number of carbonyl (C=O) groups is 1. The molecule has 0 spiro atoms. The average molecular weight is 99.1 g/mol. The Bertz CT molecular complexity index is 116. The number of carbonyl (C=O) groups excluding carboxylic acids is 1. The molecule has 0 aromatic rings. The van der Waals surface area contributed by atoms with Gasteiger partial charge in [-0.1, -0.05) is 0 Å². The molecule has 0 N–H and O–H groups in total. The third-order valence-electron chi connectivity index (χ3n) is 0.622. The second-order valence-corrected chi connectivity index (χ2v) is 1.16. The first-order chi connectivity index (χ1) is 3.29. The van der Waals surface area contributed by atoms with Crippen molar-refractivity contribution in [2.75, 3.05) is 0 Å². The third-order valence-corrected chi connectivity index (χ3v) is 0.622. The zero-order valence-corrected chi connectivity index (χ0v) is 3.46. The van der Waals surface area contributed by atoms with Gasteiger partial charge in [-0.3, -0.25) is 0 Å². The van der Waals surface area contributed by atoms with Gasteiger partial charge in [0.25, 0.3) is 6.29 Å². The molecule has 0 amide bonds. The van der Waals surface area contributed by atoms with Gasteiger partial charge in [0.05, 0.1) is 0 Å². The van der Waals surface area contributed by atoms with Crippen molar-refractivity contribution in [1.29, 1.82) is 0 Å². The first-order valence-electron chi connectivity index (χ1n) is 1.83. The molecule has 0 fully saturated rings. The van der Waals surface area contributed by atoms with E-state index in [0.29, 0.717) is 0 Å². The maximum absolute atomic E-state index is 10.0. The van der Waals surface area contributed by atoms with Crippen LogP contribution in [0.4, 0.5) is 0 Å². The van der Waals surface area contributed by atoms with Crippen molar-refractivity contribution in [3.05, 3.63) is 12.2 Å². The fraction of sp³-hybridized carbons (Fsp3) is 0.250. The third kappa shape index (κ3) is 0.778. The molecular weight excluding hydrogens is 96.0 g/mol. The summed E-state index contributed by atoms with van der Waals surface area (Å²) in [5.41, 5.74) is 0. The van der Waals surface area contributed by atoms with Crippen LogP contribution in [0.3, 0.4) is 0 Å². The standard InChI is InChI=1S/C4H3O3/c5-3-1-2-4(6)7-3/h1-3H. The molecule has 37 valence electrons. The molecule has 0 aromatic heterocycles. The van der Waals surface area contributed by atoms with E-state index in [1.807, 2.05) is 0 Å². The summed E-state index contributed by atoms with van der Waals surface area (Å²) in [5.74, 6) is -0.542. The number of rotatable bonds is 0. The van der Waals surface area contributed by atoms with E-state index in [2.05, 4.69) is 4.74 Å². The Kier molecular flexibility index (Phi) is 0.834. The molecule has 1 unspecified atom stereocenters. The topological polar surface area (TPSA) is 46.2 Å². The van der Waals surface area contributed by atoms with Crippen LogP contribution in [-0.4, -0.2) is 12.3 Å². The Morgan fingerprint density at radius 1 is 1.71 bits per heavy atom. The molecule has 1 aliphatic heterocycles. The summed E-state index contributed by atoms with van der Waals surface area (Å²) in [6.45, 7) is 0. The van der Waals surface area contributed by atoms with Gasteiger partial charge in [0.2, 0.25) is 0 Å². The lowest BCUT2D eigenvalue weighted by Crippen LogP contribution is -2.02. The normalized spacial score (nSPS) is 28.1. The SMILES string of the molecule is [O]C1C=CC(=O)O1. The molecule has 0 saturated heterocycles. The summed E-state index contributed by atoms with van der Waals surface area (Å²) in [4.78, 5) is 9.94. The molecule has 1 radical (unpaired) electrons. The van der Waals surface area contributed by atoms with Gasteiger partial charge >= 0.3 is 5.97 Å². The second kappa shape index (κ2) is 1.35. The molecule has 1 heterocycles. The van der Waals surface area contributed by atoms with Crippen LogP contribution in [0.2, 0.25) is 0 Å². The molecule has 0 saturated carbocycles. The number of esters is 1. The predicted octanol–water partition coefficient (Wildman–Crippen LogP) is -0.144. The molecule has 7 heavy (non-hydrogen) atoms. The van der Waals surface area contributed by atoms with E-state index in [0.717, 1.165) is 6.08 Å². The summed E-state index contributed by atoms with van der Waals surface area (Å²) in [7, 11) is 0. The van der Waals surface area contributed by atoms with Crippen molar-refractivity contribution in [1.82, 2.24) is 0 Å². The first kappa shape index (κ1) is 4.33. The van der Waals surface area contributed by atoms with Gasteiger partial charge in [-0.2, -0.15) is 5.11 Å². The highest BCUT2D eigenvalue weighted by molar-refractivity contribution is 5.84. The van der Waals surface area contributed by atoms with E-state index < -0.39 is 12.3 Å². The largest absolute Gasteiger partial charge is 0.426 e. The molecule has 1 rings (SSSR count). The average Bonchev–Trinajstić information content (AvgIpc) is 1.87. The van der Waals surface area contributed by atoms with Crippen molar-refractivity contribution < 1.29 is 14.6 Å². The Labute approximate surface area is 40.2 Å². The Balaban J connectivity index is 2.58. The summed E-state index contributed by atoms with van der Waals surface area (Å²) in [5, 5.41) is 10.0. The number of hydrogen-bond donors (Lipinski definition) is 0. The highest BCUT2D eigenvalue weighted by atomic mass is 16.6. The summed E-state index contributed by atoms with van der Waals surface area (Å²) in [6.07, 6.45) is 1.03. The van der Waals surface area contributed by atoms with Crippen LogP contribution in [-0.2, 0) is 14.6 Å². The summed E-state index contributed by atoms with van der Waals surface area (Å²) in [6, 6.07) is 0. The van der Waals surface area contributed by atoms with E-state index >= 15 is 0 Å². The van der Waals surface area contributed by atoms with Crippen molar-refractivity contribution >= 4 is 5.97 Å². The molecule has 0 bridgehead atoms. The Morgan fingerprint density at radius 2 is 2.43 bits per heavy atom. The number of hydrogen-bond acceptors (Lipinski definition) is 2. The van der Waals surface area contributed by atoms with Crippen molar-refractivity contribution in [3.8, 4) is 0 Å². The maximum atomic E-state index is 10.0. The monoisotopic (exact) mass is 99.0 g/mol. The molecule has 1 atom stereocenters. The minimum atomic E-state index is -1.26. The number of ether oxygens (including phenoxy) is 1. The van der Waals surface area contributed by atoms with Crippen LogP contribution in [0, 0.1) is 0 Å². The highest BCUT2D eigenvalue weighted by Gasteiger charge is 2.12. The smallest absolute Gasteiger partial charge is 0.333 e. The predicted molar refractivity (Wildman–Crippen MR) is 19.7 cm³/mol. The molecule has 0 aromatic carbocycles. The van der Waals surface area contributed by atoms with E-state index in [-0.39, 0.29) is 0 Å². The molecular formula is C4H3O3. The van der Waals surface area contributed by atoms with Crippen molar-refractivity contribution in [2.45, 2.75) is 6.29 Å². The summed E-state index contributed by atoms with van der Waals surface area (Å²) >= 11 is 0. The minimum absolute atomic E-state index is 0.542. The molecule has 1 aliphatic rings. The van der Waals surface area contributed by atoms with Crippen molar-refractivity contribution in [2.24, 2.45) is 0 Å². The minimum Gasteiger partial charge on any atom is -0.426 e. The van der Waals surface area contributed by atoms with Crippen LogP contribution in [0.1, 0.15) is 0 Å². The maximum Gasteiger partial charge on any atom is 0.333 e. The fourth-order valence-corrected chi connectivity index (χ4v) is 0.350. The number of cyclic esters (lactones) is 1. The fourth-order valence-electron chi connectivity index (χ4n) is 0.350. The van der Waals surface area contributed by atoms with Crippen LogP contribution in [0.5, 0.6) is 0 Å². The van der Waals surface area contributed by atoms with E-state index in [1.54, 1.807) is 0 Å². The molecule has 0 aliphatic carbocycles. The van der Waals surface area contributed by atoms with Gasteiger partial charge in [0.15, 0.2) is 0 Å². The summed E-state index contributed by atoms with van der Waals surface area (Å²) < 4.78 is 4.06. The Morgan fingerprint density at radius 3 is 2.57 bits per heavy atom.